The van der Waals surface area contributed by atoms with Crippen LogP contribution in [0.5, 0.6) is 5.75 Å². The number of hydrogen-bond acceptors (Lipinski definition) is 3. The smallest absolute Gasteiger partial charge is 0.224 e. The van der Waals surface area contributed by atoms with Crippen molar-refractivity contribution in [1.82, 2.24) is 9.78 Å². The molecule has 1 N–H and O–H groups in total. The van der Waals surface area contributed by atoms with E-state index >= 15 is 0 Å². The number of anilines is 1. The Labute approximate surface area is 161 Å². The summed E-state index contributed by atoms with van der Waals surface area (Å²) in [5.74, 6) is 0.745. The molecule has 0 spiro atoms. The topological polar surface area (TPSA) is 56.1 Å². The van der Waals surface area contributed by atoms with Crippen LogP contribution in [0.1, 0.15) is 18.4 Å². The number of nitrogens with one attached hydrogen (secondary N) is 1. The molecule has 26 heavy (non-hydrogen) atoms. The lowest BCUT2D eigenvalue weighted by Gasteiger charge is -2.07. The minimum atomic E-state index is -0.0417. The molecule has 0 atom stereocenters. The highest BCUT2D eigenvalue weighted by Crippen LogP contribution is 2.23. The third-order valence-corrected chi connectivity index (χ3v) is 4.40. The first-order valence-electron chi connectivity index (χ1n) is 8.44. The van der Waals surface area contributed by atoms with Crippen LogP contribution in [0, 0.1) is 0 Å². The Morgan fingerprint density at radius 1 is 1.12 bits per heavy atom. The zero-order valence-electron chi connectivity index (χ0n) is 14.3. The first-order valence-corrected chi connectivity index (χ1v) is 9.23. The van der Waals surface area contributed by atoms with Crippen LogP contribution < -0.4 is 10.1 Å². The van der Waals surface area contributed by atoms with Gasteiger partial charge in [0.25, 0.3) is 0 Å². The summed E-state index contributed by atoms with van der Waals surface area (Å²) < 4.78 is 8.38. The third kappa shape index (κ3) is 5.46. The van der Waals surface area contributed by atoms with Gasteiger partial charge < -0.3 is 10.1 Å². The summed E-state index contributed by atoms with van der Waals surface area (Å²) in [7, 11) is 0. The number of para-hydroxylation sites is 1. The van der Waals surface area contributed by atoms with Crippen molar-refractivity contribution in [2.45, 2.75) is 19.4 Å². The van der Waals surface area contributed by atoms with Gasteiger partial charge in [0, 0.05) is 12.6 Å². The molecule has 0 aliphatic rings. The van der Waals surface area contributed by atoms with Crippen molar-refractivity contribution < 1.29 is 9.53 Å². The third-order valence-electron chi connectivity index (χ3n) is 3.75. The Morgan fingerprint density at radius 2 is 1.88 bits per heavy atom. The van der Waals surface area contributed by atoms with Crippen molar-refractivity contribution >= 4 is 27.5 Å². The normalized spacial score (nSPS) is 10.5. The van der Waals surface area contributed by atoms with Crippen molar-refractivity contribution in [3.05, 3.63) is 77.0 Å². The molecule has 1 aromatic heterocycles. The quantitative estimate of drug-likeness (QED) is 0.553. The van der Waals surface area contributed by atoms with E-state index in [2.05, 4.69) is 26.3 Å². The Hall–Kier alpha value is -2.60. The number of carbonyl (C=O) groups is 1. The molecule has 5 nitrogen and oxygen atoms in total. The molecular weight excluding hydrogens is 394 g/mol. The molecule has 0 bridgehead atoms. The van der Waals surface area contributed by atoms with E-state index in [1.165, 1.54) is 0 Å². The maximum absolute atomic E-state index is 12.0. The van der Waals surface area contributed by atoms with E-state index in [1.54, 1.807) is 10.9 Å². The molecule has 0 saturated heterocycles. The van der Waals surface area contributed by atoms with Crippen LogP contribution in [0.15, 0.2) is 71.5 Å². The maximum Gasteiger partial charge on any atom is 0.224 e. The lowest BCUT2D eigenvalue weighted by molar-refractivity contribution is -0.116. The van der Waals surface area contributed by atoms with Gasteiger partial charge >= 0.3 is 0 Å². The van der Waals surface area contributed by atoms with Gasteiger partial charge in [-0.1, -0.05) is 42.5 Å². The number of ether oxygens (including phenoxy) is 1. The summed E-state index contributed by atoms with van der Waals surface area (Å²) in [4.78, 5) is 12.0. The largest absolute Gasteiger partial charge is 0.492 e. The van der Waals surface area contributed by atoms with Crippen LogP contribution >= 0.6 is 15.9 Å². The Balaban J connectivity index is 1.40. The Morgan fingerprint density at radius 3 is 2.69 bits per heavy atom. The fraction of sp³-hybridized carbons (Fsp3) is 0.200. The molecule has 3 aromatic rings. The summed E-state index contributed by atoms with van der Waals surface area (Å²) in [6, 6.07) is 17.7. The van der Waals surface area contributed by atoms with Gasteiger partial charge in [0.1, 0.15) is 5.75 Å². The predicted molar refractivity (Wildman–Crippen MR) is 105 cm³/mol. The zero-order valence-corrected chi connectivity index (χ0v) is 15.9. The lowest BCUT2D eigenvalue weighted by atomic mass is 10.2. The summed E-state index contributed by atoms with van der Waals surface area (Å²) in [6.07, 6.45) is 4.54. The van der Waals surface area contributed by atoms with Crippen LogP contribution in [-0.2, 0) is 11.3 Å². The second-order valence-electron chi connectivity index (χ2n) is 5.84. The monoisotopic (exact) mass is 413 g/mol. The molecule has 0 unspecified atom stereocenters. The van der Waals surface area contributed by atoms with Gasteiger partial charge in [-0.15, -0.1) is 0 Å². The molecule has 0 aliphatic carbocycles. The minimum absolute atomic E-state index is 0.0417. The summed E-state index contributed by atoms with van der Waals surface area (Å²) in [5.41, 5.74) is 1.87. The number of benzene rings is 2. The van der Waals surface area contributed by atoms with E-state index in [0.717, 1.165) is 15.8 Å². The molecule has 0 fully saturated rings. The first-order chi connectivity index (χ1) is 12.7. The second kappa shape index (κ2) is 9.20. The van der Waals surface area contributed by atoms with Gasteiger partial charge in [-0.05, 0) is 40.0 Å². The van der Waals surface area contributed by atoms with E-state index in [9.17, 15) is 4.79 Å². The van der Waals surface area contributed by atoms with Gasteiger partial charge in [0.15, 0.2) is 0 Å². The highest BCUT2D eigenvalue weighted by Gasteiger charge is 2.06. The number of halogens is 1. The average Bonchev–Trinajstić information content (AvgIpc) is 3.07. The van der Waals surface area contributed by atoms with Crippen molar-refractivity contribution in [1.29, 1.82) is 0 Å². The SMILES string of the molecule is O=C(CCCOc1ccccc1Br)Nc1cnn(Cc2ccccc2)c1. The van der Waals surface area contributed by atoms with E-state index in [-0.39, 0.29) is 5.91 Å². The predicted octanol–water partition coefficient (Wildman–Crippen LogP) is 4.49. The lowest BCUT2D eigenvalue weighted by Crippen LogP contribution is -2.12. The summed E-state index contributed by atoms with van der Waals surface area (Å²) >= 11 is 3.43. The Bertz CT molecular complexity index is 849. The van der Waals surface area contributed by atoms with Crippen LogP contribution in [0.2, 0.25) is 0 Å². The minimum Gasteiger partial charge on any atom is -0.492 e. The number of hydrogen-bond donors (Lipinski definition) is 1. The Kier molecular flexibility index (Phi) is 6.44. The number of aromatic nitrogens is 2. The fourth-order valence-corrected chi connectivity index (χ4v) is 2.88. The van der Waals surface area contributed by atoms with E-state index in [0.29, 0.717) is 31.7 Å². The van der Waals surface area contributed by atoms with Crippen molar-refractivity contribution in [2.24, 2.45) is 0 Å². The van der Waals surface area contributed by atoms with Gasteiger partial charge in [-0.3, -0.25) is 9.48 Å². The summed E-state index contributed by atoms with van der Waals surface area (Å²) in [6.45, 7) is 1.17. The second-order valence-corrected chi connectivity index (χ2v) is 6.70. The first kappa shape index (κ1) is 18.2. The van der Waals surface area contributed by atoms with Gasteiger partial charge in [0.05, 0.1) is 29.5 Å². The molecular formula is C20H20BrN3O2. The molecule has 1 heterocycles. The van der Waals surface area contributed by atoms with Gasteiger partial charge in [-0.2, -0.15) is 5.10 Å². The molecule has 3 rings (SSSR count). The standard InChI is InChI=1S/C20H20BrN3O2/c21-18-9-4-5-10-19(18)26-12-6-11-20(25)23-17-13-22-24(15-17)14-16-7-2-1-3-8-16/h1-5,7-10,13,15H,6,11-12,14H2,(H,23,25). The van der Waals surface area contributed by atoms with E-state index in [4.69, 9.17) is 4.74 Å². The molecule has 0 saturated carbocycles. The maximum atomic E-state index is 12.0. The summed E-state index contributed by atoms with van der Waals surface area (Å²) in [5, 5.41) is 7.15. The van der Waals surface area contributed by atoms with Gasteiger partial charge in [-0.25, -0.2) is 0 Å². The van der Waals surface area contributed by atoms with Crippen LogP contribution in [-0.4, -0.2) is 22.3 Å². The van der Waals surface area contributed by atoms with Crippen molar-refractivity contribution in [3.63, 3.8) is 0 Å². The number of amides is 1. The van der Waals surface area contributed by atoms with Crippen LogP contribution in [0.4, 0.5) is 5.69 Å². The van der Waals surface area contributed by atoms with Crippen molar-refractivity contribution in [2.75, 3.05) is 11.9 Å². The van der Waals surface area contributed by atoms with E-state index < -0.39 is 0 Å². The van der Waals surface area contributed by atoms with E-state index in [1.807, 2.05) is 60.8 Å². The average molecular weight is 414 g/mol. The number of rotatable bonds is 8. The molecule has 134 valence electrons. The fourth-order valence-electron chi connectivity index (χ4n) is 2.49. The molecule has 2 aromatic carbocycles. The number of nitrogens with zero attached hydrogens (tertiary/aromatic N) is 2. The number of carbonyl (C=O) groups excluding carboxylic acids is 1. The molecule has 0 radical (unpaired) electrons. The zero-order chi connectivity index (χ0) is 18.2. The molecule has 1 amide bonds. The van der Waals surface area contributed by atoms with Gasteiger partial charge in [0.2, 0.25) is 5.91 Å². The highest BCUT2D eigenvalue weighted by atomic mass is 79.9. The molecule has 6 heteroatoms. The van der Waals surface area contributed by atoms with Crippen LogP contribution in [0.3, 0.4) is 0 Å². The van der Waals surface area contributed by atoms with Crippen LogP contribution in [0.25, 0.3) is 0 Å². The highest BCUT2D eigenvalue weighted by molar-refractivity contribution is 9.10. The molecule has 0 aliphatic heterocycles. The van der Waals surface area contributed by atoms with Crippen molar-refractivity contribution in [3.8, 4) is 5.75 Å².